The van der Waals surface area contributed by atoms with Gasteiger partial charge in [-0.3, -0.25) is 9.34 Å². The predicted octanol–water partition coefficient (Wildman–Crippen LogP) is 9.62. The second-order valence-corrected chi connectivity index (χ2v) is 17.9. The Morgan fingerprint density at radius 1 is 0.435 bits per heavy atom. The zero-order valence-electron chi connectivity index (χ0n) is 28.1. The van der Waals surface area contributed by atoms with Crippen LogP contribution in [-0.4, -0.2) is 34.5 Å². The first-order valence-electron chi connectivity index (χ1n) is 18.0. The van der Waals surface area contributed by atoms with Crippen molar-refractivity contribution in [1.29, 1.82) is 0 Å². The van der Waals surface area contributed by atoms with Crippen LogP contribution in [0, 0.1) is 11.8 Å². The monoisotopic (exact) mass is 648 g/mol. The fraction of sp³-hybridized carbons (Fsp3) is 0.429. The van der Waals surface area contributed by atoms with Gasteiger partial charge in [-0.1, -0.05) is 160 Å². The van der Waals surface area contributed by atoms with Gasteiger partial charge in [0.05, 0.1) is 0 Å². The molecule has 4 aromatic rings. The number of benzene rings is 4. The molecule has 2 unspecified atom stereocenters. The molecular weight excluding hydrogens is 594 g/mol. The summed E-state index contributed by atoms with van der Waals surface area (Å²) in [5, 5.41) is 5.91. The van der Waals surface area contributed by atoms with Gasteiger partial charge < -0.3 is 0 Å². The average molecular weight is 649 g/mol. The Balaban J connectivity index is 1.41. The van der Waals surface area contributed by atoms with E-state index >= 15 is 0 Å². The van der Waals surface area contributed by atoms with Crippen LogP contribution < -0.4 is 21.2 Å². The van der Waals surface area contributed by atoms with E-state index in [1.165, 1.54) is 85.4 Å². The molecule has 0 spiro atoms. The lowest BCUT2D eigenvalue weighted by atomic mass is 9.84. The molecule has 0 aliphatic heterocycles. The van der Waals surface area contributed by atoms with Crippen molar-refractivity contribution in [2.24, 2.45) is 11.8 Å². The third-order valence-corrected chi connectivity index (χ3v) is 16.0. The van der Waals surface area contributed by atoms with Gasteiger partial charge in [-0.15, -0.1) is 0 Å². The maximum Gasteiger partial charge on any atom is 0.0284 e. The molecule has 2 aliphatic rings. The molecule has 46 heavy (non-hydrogen) atoms. The summed E-state index contributed by atoms with van der Waals surface area (Å²) in [6, 6.07) is 46.9. The zero-order chi connectivity index (χ0) is 31.6. The topological polar surface area (TPSA) is 6.48 Å². The minimum atomic E-state index is -0.657. The smallest absolute Gasteiger partial charge is 0.0284 e. The Kier molecular flexibility index (Phi) is 12.5. The summed E-state index contributed by atoms with van der Waals surface area (Å²) >= 11 is 0. The van der Waals surface area contributed by atoms with Gasteiger partial charge in [-0.25, -0.2) is 0 Å². The maximum atomic E-state index is 2.99. The fourth-order valence-corrected chi connectivity index (χ4v) is 13.4. The molecule has 2 aliphatic carbocycles. The molecule has 0 bridgehead atoms. The minimum absolute atomic E-state index is 0.540. The molecular formula is C42H54N2P2. The highest BCUT2D eigenvalue weighted by Gasteiger charge is 2.36. The van der Waals surface area contributed by atoms with Gasteiger partial charge >= 0.3 is 0 Å². The summed E-state index contributed by atoms with van der Waals surface area (Å²) in [5.74, 6) is 1.53. The average Bonchev–Trinajstić information content (AvgIpc) is 3.14. The van der Waals surface area contributed by atoms with Crippen LogP contribution >= 0.6 is 16.1 Å². The van der Waals surface area contributed by atoms with Gasteiger partial charge in [-0.2, -0.15) is 0 Å². The molecule has 4 aromatic carbocycles. The fourth-order valence-electron chi connectivity index (χ4n) is 8.06. The first-order valence-corrected chi connectivity index (χ1v) is 20.6. The Bertz CT molecular complexity index is 1220. The van der Waals surface area contributed by atoms with Crippen LogP contribution in [0.1, 0.15) is 78.1 Å². The Morgan fingerprint density at radius 3 is 0.957 bits per heavy atom. The maximum absolute atomic E-state index is 2.99. The molecule has 2 saturated carbocycles. The standard InChI is InChI=1S/C42H54N2P2/c1-35(37-21-9-3-10-22-37)43(45(39-25-13-5-14-26-39)40-27-15-6-16-28-40)33-34-44(36(2)38-23-11-4-12-24-38)46(41-29-17-7-18-30-41)42-31-19-8-20-32-42/h5-8,13-20,25-32,35-38H,3-4,9-12,21-24,33-34H2,1-2H3. The Morgan fingerprint density at radius 2 is 0.696 bits per heavy atom. The molecule has 2 atom stereocenters. The van der Waals surface area contributed by atoms with Crippen LogP contribution in [-0.2, 0) is 0 Å². The summed E-state index contributed by atoms with van der Waals surface area (Å²) in [5.41, 5.74) is 0. The highest BCUT2D eigenvalue weighted by molar-refractivity contribution is 7.71. The number of hydrogen-bond donors (Lipinski definition) is 0. The lowest BCUT2D eigenvalue weighted by Gasteiger charge is -2.45. The molecule has 0 heterocycles. The number of nitrogens with zero attached hydrogens (tertiary/aromatic N) is 2. The molecule has 2 fully saturated rings. The minimum Gasteiger partial charge on any atom is -0.270 e. The van der Waals surface area contributed by atoms with E-state index in [0.717, 1.165) is 24.9 Å². The summed E-state index contributed by atoms with van der Waals surface area (Å²) in [6.45, 7) is 7.32. The first kappa shape index (κ1) is 33.6. The summed E-state index contributed by atoms with van der Waals surface area (Å²) in [7, 11) is -1.31. The van der Waals surface area contributed by atoms with Crippen LogP contribution in [0.2, 0.25) is 0 Å². The van der Waals surface area contributed by atoms with Crippen molar-refractivity contribution in [3.05, 3.63) is 121 Å². The second-order valence-electron chi connectivity index (χ2n) is 13.6. The number of hydrogen-bond acceptors (Lipinski definition) is 2. The largest absolute Gasteiger partial charge is 0.270 e. The highest BCUT2D eigenvalue weighted by atomic mass is 31.1. The van der Waals surface area contributed by atoms with Crippen molar-refractivity contribution in [1.82, 2.24) is 9.34 Å². The van der Waals surface area contributed by atoms with Gasteiger partial charge in [0.15, 0.2) is 0 Å². The van der Waals surface area contributed by atoms with Gasteiger partial charge in [0.1, 0.15) is 0 Å². The number of rotatable bonds is 13. The van der Waals surface area contributed by atoms with E-state index in [0.29, 0.717) is 12.1 Å². The SMILES string of the molecule is CC(C1CCCCC1)N(CCN(C(C)C1CCCCC1)P(c1ccccc1)c1ccccc1)P(c1ccccc1)c1ccccc1. The van der Waals surface area contributed by atoms with Crippen molar-refractivity contribution in [3.63, 3.8) is 0 Å². The van der Waals surface area contributed by atoms with Crippen LogP contribution in [0.5, 0.6) is 0 Å². The van der Waals surface area contributed by atoms with E-state index < -0.39 is 16.1 Å². The molecule has 6 rings (SSSR count). The zero-order valence-corrected chi connectivity index (χ0v) is 29.9. The normalized spacial score (nSPS) is 18.0. The molecule has 2 nitrogen and oxygen atoms in total. The van der Waals surface area contributed by atoms with E-state index in [1.54, 1.807) is 0 Å². The molecule has 0 aromatic heterocycles. The lowest BCUT2D eigenvalue weighted by molar-refractivity contribution is 0.179. The van der Waals surface area contributed by atoms with Gasteiger partial charge in [0.25, 0.3) is 0 Å². The van der Waals surface area contributed by atoms with E-state index in [4.69, 9.17) is 0 Å². The van der Waals surface area contributed by atoms with Crippen LogP contribution in [0.3, 0.4) is 0 Å². The quantitative estimate of drug-likeness (QED) is 0.133. The third kappa shape index (κ3) is 8.38. The van der Waals surface area contributed by atoms with E-state index in [1.807, 2.05) is 0 Å². The molecule has 0 amide bonds. The van der Waals surface area contributed by atoms with E-state index in [-0.39, 0.29) is 0 Å². The van der Waals surface area contributed by atoms with Gasteiger partial charge in [0.2, 0.25) is 0 Å². The van der Waals surface area contributed by atoms with Crippen LogP contribution in [0.4, 0.5) is 0 Å². The van der Waals surface area contributed by atoms with Crippen molar-refractivity contribution in [3.8, 4) is 0 Å². The highest BCUT2D eigenvalue weighted by Crippen LogP contribution is 2.47. The van der Waals surface area contributed by atoms with Gasteiger partial charge in [0, 0.05) is 41.3 Å². The molecule has 4 heteroatoms. The summed E-state index contributed by atoms with van der Waals surface area (Å²) < 4.78 is 5.97. The summed E-state index contributed by atoms with van der Waals surface area (Å²) in [6.07, 6.45) is 13.8. The Hall–Kier alpha value is -2.34. The van der Waals surface area contributed by atoms with Crippen molar-refractivity contribution in [2.75, 3.05) is 13.1 Å². The lowest BCUT2D eigenvalue weighted by Crippen LogP contribution is -2.47. The summed E-state index contributed by atoms with van der Waals surface area (Å²) in [4.78, 5) is 0. The van der Waals surface area contributed by atoms with Crippen molar-refractivity contribution in [2.45, 2.75) is 90.1 Å². The van der Waals surface area contributed by atoms with E-state index in [2.05, 4.69) is 145 Å². The first-order chi connectivity index (χ1) is 22.7. The molecule has 0 radical (unpaired) electrons. The second kappa shape index (κ2) is 17.2. The van der Waals surface area contributed by atoms with Crippen molar-refractivity contribution >= 4 is 37.4 Å². The van der Waals surface area contributed by atoms with E-state index in [9.17, 15) is 0 Å². The predicted molar refractivity (Wildman–Crippen MR) is 204 cm³/mol. The van der Waals surface area contributed by atoms with Crippen LogP contribution in [0.15, 0.2) is 121 Å². The van der Waals surface area contributed by atoms with Crippen LogP contribution in [0.25, 0.3) is 0 Å². The third-order valence-electron chi connectivity index (χ3n) is 10.7. The molecule has 242 valence electrons. The van der Waals surface area contributed by atoms with Gasteiger partial charge in [-0.05, 0) is 72.6 Å². The Labute approximate surface area is 282 Å². The van der Waals surface area contributed by atoms with Crippen molar-refractivity contribution < 1.29 is 0 Å². The molecule has 0 saturated heterocycles. The molecule has 0 N–H and O–H groups in total.